The van der Waals surface area contributed by atoms with Crippen LogP contribution in [0.3, 0.4) is 0 Å². The fraction of sp³-hybridized carbons (Fsp3) is 0.400. The van der Waals surface area contributed by atoms with Gasteiger partial charge in [-0.15, -0.1) is 0 Å². The number of carbonyl (C=O) groups is 2. The Labute approximate surface area is 197 Å². The van der Waals surface area contributed by atoms with Crippen LogP contribution in [0.4, 0.5) is 10.2 Å². The Hall–Kier alpha value is -3.64. The molecule has 2 aliphatic heterocycles. The highest BCUT2D eigenvalue weighted by molar-refractivity contribution is 6.12. The predicted molar refractivity (Wildman–Crippen MR) is 124 cm³/mol. The maximum atomic E-state index is 14.4. The minimum Gasteiger partial charge on any atom is -0.337 e. The number of benzene rings is 1. The summed E-state index contributed by atoms with van der Waals surface area (Å²) in [6, 6.07) is 8.71. The Morgan fingerprint density at radius 2 is 1.97 bits per heavy atom. The molecule has 0 N–H and O–H groups in total. The number of nitrogens with zero attached hydrogens (tertiary/aromatic N) is 6. The van der Waals surface area contributed by atoms with Gasteiger partial charge in [-0.2, -0.15) is 15.4 Å². The zero-order valence-corrected chi connectivity index (χ0v) is 18.9. The molecule has 2 fully saturated rings. The van der Waals surface area contributed by atoms with E-state index in [0.29, 0.717) is 29.5 Å². The monoisotopic (exact) mass is 460 g/mol. The molecule has 1 aliphatic carbocycles. The topological polar surface area (TPSA) is 92.9 Å². The second-order valence-corrected chi connectivity index (χ2v) is 8.96. The molecule has 3 heterocycles. The van der Waals surface area contributed by atoms with Crippen LogP contribution in [0.2, 0.25) is 0 Å². The molecule has 174 valence electrons. The fourth-order valence-corrected chi connectivity index (χ4v) is 4.66. The van der Waals surface area contributed by atoms with Crippen molar-refractivity contribution in [3.05, 3.63) is 58.5 Å². The van der Waals surface area contributed by atoms with Crippen LogP contribution in [0.5, 0.6) is 0 Å². The molecule has 1 atom stereocenters. The van der Waals surface area contributed by atoms with Gasteiger partial charge in [-0.25, -0.2) is 9.37 Å². The summed E-state index contributed by atoms with van der Waals surface area (Å²) >= 11 is 0. The standard InChI is InChI=1S/C25H25FN6O2/c1-16-20(7-3-17(13-27)23(16)26)21-15-29-32(25(21)34)22-8-4-18(14-28-22)24(33)31-10-2-9-30(11-12-31)19-5-6-19/h3-4,7-8,14-15,19,21H,2,5-6,9-12H2,1H3. The quantitative estimate of drug-likeness (QED) is 0.700. The fourth-order valence-electron chi connectivity index (χ4n) is 4.66. The first-order valence-corrected chi connectivity index (χ1v) is 11.5. The first kappa shape index (κ1) is 22.2. The summed E-state index contributed by atoms with van der Waals surface area (Å²) < 4.78 is 14.4. The molecule has 9 heteroatoms. The molecule has 2 amide bonds. The lowest BCUT2D eigenvalue weighted by Gasteiger charge is -2.22. The summed E-state index contributed by atoms with van der Waals surface area (Å²) in [5, 5.41) is 14.3. The molecule has 1 saturated carbocycles. The minimum absolute atomic E-state index is 0.0606. The van der Waals surface area contributed by atoms with Crippen molar-refractivity contribution >= 4 is 23.8 Å². The number of nitriles is 1. The molecule has 1 aromatic carbocycles. The SMILES string of the molecule is Cc1c(C2C=NN(c3ccc(C(=O)N4CCCN(C5CC5)CC4)cn3)C2=O)ccc(C#N)c1F. The Balaban J connectivity index is 1.27. The van der Waals surface area contributed by atoms with Crippen molar-refractivity contribution in [1.82, 2.24) is 14.8 Å². The summed E-state index contributed by atoms with van der Waals surface area (Å²) in [4.78, 5) is 34.7. The van der Waals surface area contributed by atoms with Gasteiger partial charge in [-0.1, -0.05) is 6.07 Å². The lowest BCUT2D eigenvalue weighted by Crippen LogP contribution is -2.35. The van der Waals surface area contributed by atoms with E-state index in [1.54, 1.807) is 31.2 Å². The molecular weight excluding hydrogens is 435 g/mol. The number of hydrogen-bond acceptors (Lipinski definition) is 6. The third kappa shape index (κ3) is 4.05. The number of amides is 2. The van der Waals surface area contributed by atoms with Crippen molar-refractivity contribution in [2.24, 2.45) is 5.10 Å². The Morgan fingerprint density at radius 3 is 2.68 bits per heavy atom. The lowest BCUT2D eigenvalue weighted by molar-refractivity contribution is -0.118. The van der Waals surface area contributed by atoms with E-state index in [-0.39, 0.29) is 22.9 Å². The van der Waals surface area contributed by atoms with Crippen LogP contribution in [0.15, 0.2) is 35.6 Å². The summed E-state index contributed by atoms with van der Waals surface area (Å²) in [5.41, 5.74) is 1.12. The third-order valence-electron chi connectivity index (χ3n) is 6.78. The van der Waals surface area contributed by atoms with E-state index in [2.05, 4.69) is 15.0 Å². The van der Waals surface area contributed by atoms with Crippen molar-refractivity contribution in [2.45, 2.75) is 38.1 Å². The Bertz CT molecular complexity index is 1200. The maximum Gasteiger partial charge on any atom is 0.261 e. The van der Waals surface area contributed by atoms with Gasteiger partial charge in [-0.05, 0) is 55.5 Å². The van der Waals surface area contributed by atoms with E-state index >= 15 is 0 Å². The van der Waals surface area contributed by atoms with E-state index in [4.69, 9.17) is 5.26 Å². The molecule has 2 aromatic rings. The number of aromatic nitrogens is 1. The van der Waals surface area contributed by atoms with Gasteiger partial charge >= 0.3 is 0 Å². The van der Waals surface area contributed by atoms with E-state index in [9.17, 15) is 14.0 Å². The highest BCUT2D eigenvalue weighted by Crippen LogP contribution is 2.30. The summed E-state index contributed by atoms with van der Waals surface area (Å²) in [6.07, 6.45) is 6.40. The summed E-state index contributed by atoms with van der Waals surface area (Å²) in [5.74, 6) is -1.53. The highest BCUT2D eigenvalue weighted by atomic mass is 19.1. The van der Waals surface area contributed by atoms with Crippen LogP contribution in [-0.2, 0) is 4.79 Å². The third-order valence-corrected chi connectivity index (χ3v) is 6.78. The molecule has 1 saturated heterocycles. The second kappa shape index (κ2) is 8.95. The van der Waals surface area contributed by atoms with Crippen LogP contribution in [0, 0.1) is 24.1 Å². The van der Waals surface area contributed by atoms with Gasteiger partial charge < -0.3 is 4.90 Å². The van der Waals surface area contributed by atoms with Gasteiger partial charge in [0.2, 0.25) is 0 Å². The number of carbonyl (C=O) groups excluding carboxylic acids is 2. The number of hydrogen-bond donors (Lipinski definition) is 0. The van der Waals surface area contributed by atoms with Crippen molar-refractivity contribution in [1.29, 1.82) is 5.26 Å². The van der Waals surface area contributed by atoms with Gasteiger partial charge in [0.25, 0.3) is 11.8 Å². The van der Waals surface area contributed by atoms with Crippen LogP contribution in [0.1, 0.15) is 52.2 Å². The molecule has 5 rings (SSSR count). The Morgan fingerprint density at radius 1 is 1.15 bits per heavy atom. The molecule has 0 bridgehead atoms. The van der Waals surface area contributed by atoms with Crippen LogP contribution in [0.25, 0.3) is 0 Å². The van der Waals surface area contributed by atoms with Crippen LogP contribution < -0.4 is 5.01 Å². The van der Waals surface area contributed by atoms with Crippen molar-refractivity contribution in [2.75, 3.05) is 31.2 Å². The average molecular weight is 461 g/mol. The second-order valence-electron chi connectivity index (χ2n) is 8.96. The van der Waals surface area contributed by atoms with Crippen LogP contribution >= 0.6 is 0 Å². The first-order valence-electron chi connectivity index (χ1n) is 11.5. The normalized spacial score (nSPS) is 21.0. The van der Waals surface area contributed by atoms with Gasteiger partial charge in [0.1, 0.15) is 17.8 Å². The van der Waals surface area contributed by atoms with Crippen LogP contribution in [-0.4, -0.2) is 65.0 Å². The molecule has 1 unspecified atom stereocenters. The molecule has 8 nitrogen and oxygen atoms in total. The van der Waals surface area contributed by atoms with Crippen molar-refractivity contribution in [3.8, 4) is 6.07 Å². The maximum absolute atomic E-state index is 14.4. The van der Waals surface area contributed by atoms with Gasteiger partial charge in [0.15, 0.2) is 5.82 Å². The first-order chi connectivity index (χ1) is 16.5. The minimum atomic E-state index is -0.767. The van der Waals surface area contributed by atoms with Gasteiger partial charge in [0.05, 0.1) is 11.1 Å². The summed E-state index contributed by atoms with van der Waals surface area (Å²) in [7, 11) is 0. The Kier molecular flexibility index (Phi) is 5.84. The zero-order chi connectivity index (χ0) is 23.8. The summed E-state index contributed by atoms with van der Waals surface area (Å²) in [6.45, 7) is 4.90. The highest BCUT2D eigenvalue weighted by Gasteiger charge is 2.34. The molecular formula is C25H25FN6O2. The molecule has 0 spiro atoms. The number of rotatable bonds is 4. The molecule has 1 aromatic heterocycles. The van der Waals surface area contributed by atoms with E-state index < -0.39 is 11.7 Å². The van der Waals surface area contributed by atoms with Crippen molar-refractivity contribution in [3.63, 3.8) is 0 Å². The number of hydrazone groups is 1. The molecule has 3 aliphatic rings. The lowest BCUT2D eigenvalue weighted by atomic mass is 9.93. The number of anilines is 1. The smallest absolute Gasteiger partial charge is 0.261 e. The zero-order valence-electron chi connectivity index (χ0n) is 18.9. The average Bonchev–Trinajstić information content (AvgIpc) is 3.66. The predicted octanol–water partition coefficient (Wildman–Crippen LogP) is 2.83. The van der Waals surface area contributed by atoms with Gasteiger partial charge in [-0.3, -0.25) is 14.5 Å². The largest absolute Gasteiger partial charge is 0.337 e. The number of halogens is 1. The molecule has 34 heavy (non-hydrogen) atoms. The van der Waals surface area contributed by atoms with Crippen molar-refractivity contribution < 1.29 is 14.0 Å². The van der Waals surface area contributed by atoms with E-state index in [1.807, 2.05) is 4.90 Å². The van der Waals surface area contributed by atoms with Gasteiger partial charge in [0, 0.05) is 44.6 Å². The number of pyridine rings is 1. The van der Waals surface area contributed by atoms with E-state index in [0.717, 1.165) is 31.1 Å². The molecule has 0 radical (unpaired) electrons. The van der Waals surface area contributed by atoms with E-state index in [1.165, 1.54) is 31.3 Å².